The van der Waals surface area contributed by atoms with Gasteiger partial charge in [-0.25, -0.2) is 9.37 Å². The topological polar surface area (TPSA) is 72.7 Å². The molecule has 1 amide bonds. The lowest BCUT2D eigenvalue weighted by Crippen LogP contribution is -2.20. The Balaban J connectivity index is 1.56. The maximum Gasteiger partial charge on any atom is 0.262 e. The largest absolute Gasteiger partial charge is 0.481 e. The maximum absolute atomic E-state index is 13.6. The van der Waals surface area contributed by atoms with Gasteiger partial charge in [0.2, 0.25) is 0 Å². The number of carbonyl (C=O) groups excluding carboxylic acids is 1. The minimum atomic E-state index is -0.527. The van der Waals surface area contributed by atoms with Crippen LogP contribution < -0.4 is 15.6 Å². The Labute approximate surface area is 175 Å². The van der Waals surface area contributed by atoms with Gasteiger partial charge in [-0.05, 0) is 38.1 Å². The number of benzene rings is 2. The van der Waals surface area contributed by atoms with E-state index in [2.05, 4.69) is 10.3 Å². The van der Waals surface area contributed by atoms with Gasteiger partial charge >= 0.3 is 0 Å². The summed E-state index contributed by atoms with van der Waals surface area (Å²) in [6.45, 7) is 3.24. The van der Waals surface area contributed by atoms with Crippen molar-refractivity contribution in [2.24, 2.45) is 0 Å². The third-order valence-electron chi connectivity index (χ3n) is 4.68. The van der Waals surface area contributed by atoms with Crippen molar-refractivity contribution in [3.63, 3.8) is 0 Å². The Kier molecular flexibility index (Phi) is 5.33. The molecule has 1 N–H and O–H groups in total. The van der Waals surface area contributed by atoms with E-state index < -0.39 is 11.7 Å². The van der Waals surface area contributed by atoms with E-state index in [1.54, 1.807) is 41.7 Å². The predicted molar refractivity (Wildman–Crippen MR) is 115 cm³/mol. The number of thiazole rings is 1. The highest BCUT2D eigenvalue weighted by molar-refractivity contribution is 7.15. The minimum absolute atomic E-state index is 0.0173. The van der Waals surface area contributed by atoms with Gasteiger partial charge in [-0.15, -0.1) is 11.3 Å². The van der Waals surface area contributed by atoms with Crippen LogP contribution in [-0.4, -0.2) is 21.9 Å². The molecule has 2 aromatic carbocycles. The number of aryl methyl sites for hydroxylation is 1. The molecule has 4 aromatic rings. The monoisotopic (exact) mass is 423 g/mol. The molecule has 0 saturated heterocycles. The maximum atomic E-state index is 13.6. The van der Waals surface area contributed by atoms with Gasteiger partial charge < -0.3 is 10.1 Å². The van der Waals surface area contributed by atoms with Crippen molar-refractivity contribution < 1.29 is 13.9 Å². The summed E-state index contributed by atoms with van der Waals surface area (Å²) in [7, 11) is 0. The van der Waals surface area contributed by atoms with Gasteiger partial charge in [0, 0.05) is 27.9 Å². The van der Waals surface area contributed by atoms with Crippen molar-refractivity contribution in [3.8, 4) is 17.0 Å². The van der Waals surface area contributed by atoms with E-state index in [9.17, 15) is 14.0 Å². The second-order valence-corrected chi connectivity index (χ2v) is 7.55. The SMILES string of the molecule is Cc1nc2scc(-c3cccc(NC(=O)COc4ccccc4F)c3)n2c(=O)c1C. The van der Waals surface area contributed by atoms with Crippen LogP contribution in [0.4, 0.5) is 10.1 Å². The van der Waals surface area contributed by atoms with Crippen molar-refractivity contribution >= 4 is 27.9 Å². The number of rotatable bonds is 5. The van der Waals surface area contributed by atoms with E-state index in [0.717, 1.165) is 5.56 Å². The van der Waals surface area contributed by atoms with Gasteiger partial charge in [0.15, 0.2) is 23.1 Å². The lowest BCUT2D eigenvalue weighted by atomic mass is 10.1. The normalized spacial score (nSPS) is 10.9. The summed E-state index contributed by atoms with van der Waals surface area (Å²) in [6, 6.07) is 13.0. The molecule has 0 aliphatic carbocycles. The van der Waals surface area contributed by atoms with Crippen molar-refractivity contribution in [1.82, 2.24) is 9.38 Å². The molecule has 0 atom stereocenters. The van der Waals surface area contributed by atoms with E-state index in [4.69, 9.17) is 4.74 Å². The number of hydrogen-bond donors (Lipinski definition) is 1. The Bertz CT molecular complexity index is 1310. The summed E-state index contributed by atoms with van der Waals surface area (Å²) < 4.78 is 20.4. The number of anilines is 1. The van der Waals surface area contributed by atoms with Crippen molar-refractivity contribution in [3.05, 3.63) is 81.3 Å². The zero-order valence-corrected chi connectivity index (χ0v) is 17.1. The van der Waals surface area contributed by atoms with Crippen LogP contribution in [0.2, 0.25) is 0 Å². The number of halogens is 1. The highest BCUT2D eigenvalue weighted by Gasteiger charge is 2.14. The number of aromatic nitrogens is 2. The summed E-state index contributed by atoms with van der Waals surface area (Å²) in [5, 5.41) is 4.60. The average molecular weight is 423 g/mol. The number of amides is 1. The standard InChI is InChI=1S/C22H18FN3O3S/c1-13-14(2)24-22-26(21(13)28)18(12-30-22)15-6-5-7-16(10-15)25-20(27)11-29-19-9-4-3-8-17(19)23/h3-10,12H,11H2,1-2H3,(H,25,27). The molecule has 0 aliphatic rings. The summed E-state index contributed by atoms with van der Waals surface area (Å²) in [6.07, 6.45) is 0. The molecule has 4 rings (SSSR count). The summed E-state index contributed by atoms with van der Waals surface area (Å²) >= 11 is 1.38. The van der Waals surface area contributed by atoms with Crippen LogP contribution in [0, 0.1) is 19.7 Å². The second kappa shape index (κ2) is 8.08. The highest BCUT2D eigenvalue weighted by atomic mass is 32.1. The van der Waals surface area contributed by atoms with Gasteiger partial charge in [-0.1, -0.05) is 24.3 Å². The van der Waals surface area contributed by atoms with Crippen molar-refractivity contribution in [2.45, 2.75) is 13.8 Å². The molecule has 152 valence electrons. The quantitative estimate of drug-likeness (QED) is 0.522. The molecule has 2 aromatic heterocycles. The van der Waals surface area contributed by atoms with Gasteiger partial charge in [0.25, 0.3) is 11.5 Å². The van der Waals surface area contributed by atoms with E-state index >= 15 is 0 Å². The Morgan fingerprint density at radius 1 is 1.20 bits per heavy atom. The first-order valence-corrected chi connectivity index (χ1v) is 10.1. The fraction of sp³-hybridized carbons (Fsp3) is 0.136. The van der Waals surface area contributed by atoms with E-state index in [1.165, 1.54) is 23.5 Å². The van der Waals surface area contributed by atoms with Gasteiger partial charge in [-0.2, -0.15) is 0 Å². The molecule has 0 fully saturated rings. The van der Waals surface area contributed by atoms with Crippen molar-refractivity contribution in [2.75, 3.05) is 11.9 Å². The van der Waals surface area contributed by atoms with Crippen LogP contribution >= 0.6 is 11.3 Å². The first kappa shape index (κ1) is 19.8. The predicted octanol–water partition coefficient (Wildman–Crippen LogP) is 4.20. The number of ether oxygens (including phenoxy) is 1. The van der Waals surface area contributed by atoms with Crippen LogP contribution in [0.5, 0.6) is 5.75 Å². The molecule has 0 radical (unpaired) electrons. The third-order valence-corrected chi connectivity index (χ3v) is 5.50. The summed E-state index contributed by atoms with van der Waals surface area (Å²) in [5.41, 5.74) is 3.21. The fourth-order valence-electron chi connectivity index (χ4n) is 2.99. The van der Waals surface area contributed by atoms with E-state index in [-0.39, 0.29) is 17.9 Å². The minimum Gasteiger partial charge on any atom is -0.481 e. The number of hydrogen-bond acceptors (Lipinski definition) is 5. The van der Waals surface area contributed by atoms with E-state index in [1.807, 2.05) is 18.4 Å². The molecule has 0 saturated carbocycles. The Morgan fingerprint density at radius 3 is 2.80 bits per heavy atom. The summed E-state index contributed by atoms with van der Waals surface area (Å²) in [5.74, 6) is -0.930. The molecular formula is C22H18FN3O3S. The first-order valence-electron chi connectivity index (χ1n) is 9.19. The Morgan fingerprint density at radius 2 is 2.00 bits per heavy atom. The second-order valence-electron chi connectivity index (χ2n) is 6.71. The highest BCUT2D eigenvalue weighted by Crippen LogP contribution is 2.26. The summed E-state index contributed by atoms with van der Waals surface area (Å²) in [4.78, 5) is 30.0. The zero-order valence-electron chi connectivity index (χ0n) is 16.3. The number of carbonyl (C=O) groups is 1. The van der Waals surface area contributed by atoms with Gasteiger partial charge in [0.05, 0.1) is 5.69 Å². The lowest BCUT2D eigenvalue weighted by Gasteiger charge is -2.09. The number of nitrogens with zero attached hydrogens (tertiary/aromatic N) is 2. The number of nitrogens with one attached hydrogen (secondary N) is 1. The van der Waals surface area contributed by atoms with Crippen LogP contribution in [0.25, 0.3) is 16.2 Å². The lowest BCUT2D eigenvalue weighted by molar-refractivity contribution is -0.118. The van der Waals surface area contributed by atoms with Crippen LogP contribution in [0.15, 0.2) is 58.7 Å². The molecule has 2 heterocycles. The molecule has 6 nitrogen and oxygen atoms in total. The molecule has 0 unspecified atom stereocenters. The average Bonchev–Trinajstić information content (AvgIpc) is 3.15. The molecule has 30 heavy (non-hydrogen) atoms. The van der Waals surface area contributed by atoms with E-state index in [0.29, 0.717) is 27.6 Å². The molecule has 8 heteroatoms. The van der Waals surface area contributed by atoms with Crippen molar-refractivity contribution in [1.29, 1.82) is 0 Å². The molecule has 0 aliphatic heterocycles. The molecular weight excluding hydrogens is 405 g/mol. The number of fused-ring (bicyclic) bond motifs is 1. The third kappa shape index (κ3) is 3.81. The smallest absolute Gasteiger partial charge is 0.262 e. The molecule has 0 bridgehead atoms. The fourth-order valence-corrected chi connectivity index (χ4v) is 3.93. The van der Waals surface area contributed by atoms with Crippen LogP contribution in [0.3, 0.4) is 0 Å². The zero-order chi connectivity index (χ0) is 21.3. The molecule has 0 spiro atoms. The van der Waals surface area contributed by atoms with Crippen LogP contribution in [0.1, 0.15) is 11.3 Å². The van der Waals surface area contributed by atoms with Gasteiger partial charge in [-0.3, -0.25) is 14.0 Å². The van der Waals surface area contributed by atoms with Gasteiger partial charge in [0.1, 0.15) is 0 Å². The Hall–Kier alpha value is -3.52. The van der Waals surface area contributed by atoms with Crippen LogP contribution in [-0.2, 0) is 4.79 Å². The first-order chi connectivity index (χ1) is 14.4. The number of para-hydroxylation sites is 1.